The molecule has 0 saturated carbocycles. The van der Waals surface area contributed by atoms with E-state index in [1.54, 1.807) is 19.2 Å². The number of benzene rings is 3. The first-order chi connectivity index (χ1) is 16.8. The van der Waals surface area contributed by atoms with Crippen LogP contribution in [0.2, 0.25) is 0 Å². The molecule has 0 unspecified atom stereocenters. The Balaban J connectivity index is 1.32. The Bertz CT molecular complexity index is 1280. The van der Waals surface area contributed by atoms with Crippen LogP contribution in [0.25, 0.3) is 0 Å². The normalized spacial score (nSPS) is 12.9. The van der Waals surface area contributed by atoms with Gasteiger partial charge in [-0.2, -0.15) is 0 Å². The first-order valence-electron chi connectivity index (χ1n) is 11.0. The minimum absolute atomic E-state index is 0.113. The largest absolute Gasteiger partial charge is 0.493 e. The van der Waals surface area contributed by atoms with Crippen molar-refractivity contribution in [1.82, 2.24) is 5.32 Å². The Kier molecular flexibility index (Phi) is 8.17. The summed E-state index contributed by atoms with van der Waals surface area (Å²) < 4.78 is 46.4. The predicted octanol–water partition coefficient (Wildman–Crippen LogP) is 3.79. The van der Waals surface area contributed by atoms with Crippen molar-refractivity contribution >= 4 is 26.0 Å². The van der Waals surface area contributed by atoms with Crippen molar-refractivity contribution in [2.24, 2.45) is 5.14 Å². The first-order valence-corrected chi connectivity index (χ1v) is 13.4. The van der Waals surface area contributed by atoms with Crippen molar-refractivity contribution in [3.8, 4) is 23.0 Å². The molecule has 0 spiro atoms. The zero-order valence-corrected chi connectivity index (χ0v) is 21.7. The number of methoxy groups -OCH3 is 1. The van der Waals surface area contributed by atoms with Crippen LogP contribution in [0, 0.1) is 0 Å². The van der Waals surface area contributed by atoms with Crippen LogP contribution >= 0.6 is 15.9 Å². The number of primary sulfonamides is 1. The third-order valence-corrected chi connectivity index (χ3v) is 6.97. The maximum atomic E-state index is 11.4. The number of sulfonamides is 1. The van der Waals surface area contributed by atoms with Crippen molar-refractivity contribution in [2.75, 3.05) is 26.9 Å². The summed E-state index contributed by atoms with van der Waals surface area (Å²) in [7, 11) is -2.06. The number of fused-ring (bicyclic) bond motifs is 1. The number of ether oxygens (including phenoxy) is 4. The zero-order valence-electron chi connectivity index (χ0n) is 19.3. The highest BCUT2D eigenvalue weighted by atomic mass is 79.9. The second-order valence-corrected chi connectivity index (χ2v) is 10.4. The van der Waals surface area contributed by atoms with Crippen LogP contribution in [0.1, 0.15) is 16.7 Å². The lowest BCUT2D eigenvalue weighted by Gasteiger charge is -2.19. The maximum absolute atomic E-state index is 11.4. The molecule has 35 heavy (non-hydrogen) atoms. The van der Waals surface area contributed by atoms with E-state index in [0.717, 1.165) is 45.6 Å². The van der Waals surface area contributed by atoms with Gasteiger partial charge >= 0.3 is 0 Å². The van der Waals surface area contributed by atoms with Crippen molar-refractivity contribution in [3.63, 3.8) is 0 Å². The van der Waals surface area contributed by atoms with E-state index in [4.69, 9.17) is 24.1 Å². The average molecular weight is 563 g/mol. The summed E-state index contributed by atoms with van der Waals surface area (Å²) in [5, 5.41) is 8.53. The summed E-state index contributed by atoms with van der Waals surface area (Å²) in [6.07, 6.45) is 0.750. The summed E-state index contributed by atoms with van der Waals surface area (Å²) in [5.74, 6) is 2.73. The van der Waals surface area contributed by atoms with Gasteiger partial charge < -0.3 is 24.3 Å². The van der Waals surface area contributed by atoms with E-state index >= 15 is 0 Å². The Labute approximate surface area is 213 Å². The fraction of sp³-hybridized carbons (Fsp3) is 0.280. The Hall–Kier alpha value is -2.79. The van der Waals surface area contributed by atoms with Crippen LogP contribution in [0.3, 0.4) is 0 Å². The van der Waals surface area contributed by atoms with Crippen LogP contribution < -0.4 is 29.4 Å². The second kappa shape index (κ2) is 11.3. The van der Waals surface area contributed by atoms with E-state index in [2.05, 4.69) is 21.2 Å². The number of hydrogen-bond acceptors (Lipinski definition) is 7. The van der Waals surface area contributed by atoms with Crippen molar-refractivity contribution in [1.29, 1.82) is 0 Å². The van der Waals surface area contributed by atoms with Crippen LogP contribution in [0.15, 0.2) is 64.0 Å². The van der Waals surface area contributed by atoms with E-state index < -0.39 is 10.0 Å². The SMILES string of the molecule is COc1cc(CNCCc2ccc(S(N)(=O)=O)cc2)cc(Br)c1OCc1ccc2c(c1)OCCO2. The van der Waals surface area contributed by atoms with Gasteiger partial charge in [-0.05, 0) is 82.0 Å². The van der Waals surface area contributed by atoms with Crippen LogP contribution in [0.5, 0.6) is 23.0 Å². The van der Waals surface area contributed by atoms with Gasteiger partial charge in [0, 0.05) is 6.54 Å². The summed E-state index contributed by atoms with van der Waals surface area (Å²) in [6, 6.07) is 16.3. The molecule has 3 aromatic carbocycles. The minimum Gasteiger partial charge on any atom is -0.493 e. The van der Waals surface area contributed by atoms with Gasteiger partial charge in [0.1, 0.15) is 19.8 Å². The molecule has 0 radical (unpaired) electrons. The number of hydrogen-bond donors (Lipinski definition) is 2. The number of rotatable bonds is 10. The number of halogens is 1. The third kappa shape index (κ3) is 6.66. The highest BCUT2D eigenvalue weighted by molar-refractivity contribution is 9.10. The number of nitrogens with one attached hydrogen (secondary N) is 1. The molecule has 3 aromatic rings. The fourth-order valence-electron chi connectivity index (χ4n) is 3.66. The zero-order chi connectivity index (χ0) is 24.8. The van der Waals surface area contributed by atoms with E-state index in [-0.39, 0.29) is 4.90 Å². The van der Waals surface area contributed by atoms with E-state index in [9.17, 15) is 8.42 Å². The first kappa shape index (κ1) is 25.3. The highest BCUT2D eigenvalue weighted by Crippen LogP contribution is 2.38. The van der Waals surface area contributed by atoms with Gasteiger partial charge in [0.25, 0.3) is 0 Å². The molecular formula is C25H27BrN2O6S. The molecule has 1 aliphatic heterocycles. The fourth-order valence-corrected chi connectivity index (χ4v) is 4.78. The number of nitrogens with two attached hydrogens (primary N) is 1. The minimum atomic E-state index is -3.67. The van der Waals surface area contributed by atoms with E-state index in [1.807, 2.05) is 30.3 Å². The standard InChI is InChI=1S/C25H27BrN2O6S/c1-31-24-14-19(15-28-9-8-17-2-5-20(6-3-17)35(27,29)30)12-21(26)25(24)34-16-18-4-7-22-23(13-18)33-11-10-32-22/h2-7,12-14,28H,8-11,15-16H2,1H3,(H2,27,29,30). The van der Waals surface area contributed by atoms with E-state index in [1.165, 1.54) is 12.1 Å². The van der Waals surface area contributed by atoms with Crippen LogP contribution in [-0.4, -0.2) is 35.3 Å². The molecule has 3 N–H and O–H groups in total. The highest BCUT2D eigenvalue weighted by Gasteiger charge is 2.15. The lowest BCUT2D eigenvalue weighted by atomic mass is 10.1. The molecule has 0 aromatic heterocycles. The molecule has 0 atom stereocenters. The summed E-state index contributed by atoms with van der Waals surface area (Å²) in [5.41, 5.74) is 3.02. The Morgan fingerprint density at radius 2 is 1.69 bits per heavy atom. The van der Waals surface area contributed by atoms with Gasteiger partial charge in [-0.25, -0.2) is 13.6 Å². The molecule has 1 aliphatic rings. The quantitative estimate of drug-likeness (QED) is 0.362. The second-order valence-electron chi connectivity index (χ2n) is 7.99. The van der Waals surface area contributed by atoms with Crippen molar-refractivity contribution in [3.05, 3.63) is 75.8 Å². The monoisotopic (exact) mass is 562 g/mol. The van der Waals surface area contributed by atoms with Gasteiger partial charge in [-0.15, -0.1) is 0 Å². The third-order valence-electron chi connectivity index (χ3n) is 5.45. The Morgan fingerprint density at radius 3 is 2.40 bits per heavy atom. The summed E-state index contributed by atoms with van der Waals surface area (Å²) in [4.78, 5) is 0.113. The summed E-state index contributed by atoms with van der Waals surface area (Å²) >= 11 is 3.60. The average Bonchev–Trinajstić information content (AvgIpc) is 2.85. The molecule has 8 nitrogen and oxygen atoms in total. The molecule has 0 amide bonds. The Morgan fingerprint density at radius 1 is 0.971 bits per heavy atom. The molecule has 10 heteroatoms. The molecule has 0 bridgehead atoms. The van der Waals surface area contributed by atoms with E-state index in [0.29, 0.717) is 37.9 Å². The predicted molar refractivity (Wildman–Crippen MR) is 136 cm³/mol. The van der Waals surface area contributed by atoms with Crippen LogP contribution in [-0.2, 0) is 29.6 Å². The summed E-state index contributed by atoms with van der Waals surface area (Å²) in [6.45, 7) is 2.80. The molecule has 0 fully saturated rings. The van der Waals surface area contributed by atoms with Gasteiger partial charge in [0.15, 0.2) is 23.0 Å². The van der Waals surface area contributed by atoms with Gasteiger partial charge in [0.2, 0.25) is 10.0 Å². The topological polar surface area (TPSA) is 109 Å². The molecule has 4 rings (SSSR count). The maximum Gasteiger partial charge on any atom is 0.238 e. The molecule has 1 heterocycles. The lowest BCUT2D eigenvalue weighted by molar-refractivity contribution is 0.171. The molecule has 0 saturated heterocycles. The van der Waals surface area contributed by atoms with Crippen LogP contribution in [0.4, 0.5) is 0 Å². The lowest BCUT2D eigenvalue weighted by Crippen LogP contribution is -2.17. The smallest absolute Gasteiger partial charge is 0.238 e. The molecular weight excluding hydrogens is 536 g/mol. The van der Waals surface area contributed by atoms with Crippen molar-refractivity contribution in [2.45, 2.75) is 24.5 Å². The van der Waals surface area contributed by atoms with Gasteiger partial charge in [-0.3, -0.25) is 0 Å². The van der Waals surface area contributed by atoms with Gasteiger partial charge in [0.05, 0.1) is 16.5 Å². The molecule has 0 aliphatic carbocycles. The van der Waals surface area contributed by atoms with Crippen molar-refractivity contribution < 1.29 is 27.4 Å². The molecule has 186 valence electrons. The van der Waals surface area contributed by atoms with Gasteiger partial charge in [-0.1, -0.05) is 18.2 Å².